The summed E-state index contributed by atoms with van der Waals surface area (Å²) in [4.78, 5) is 16.6. The van der Waals surface area contributed by atoms with Gasteiger partial charge in [0.05, 0.1) is 29.9 Å². The summed E-state index contributed by atoms with van der Waals surface area (Å²) in [6.07, 6.45) is -0.398. The summed E-state index contributed by atoms with van der Waals surface area (Å²) >= 11 is 12.0. The molecular weight excluding hydrogens is 339 g/mol. The van der Waals surface area contributed by atoms with Crippen molar-refractivity contribution in [3.8, 4) is 0 Å². The van der Waals surface area contributed by atoms with Gasteiger partial charge in [-0.3, -0.25) is 9.69 Å². The normalized spacial score (nSPS) is 23.0. The first kappa shape index (κ1) is 17.0. The van der Waals surface area contributed by atoms with E-state index in [4.69, 9.17) is 32.7 Å². The molecule has 1 aromatic rings. The Morgan fingerprint density at radius 1 is 1.13 bits per heavy atom. The van der Waals surface area contributed by atoms with Gasteiger partial charge in [0.15, 0.2) is 0 Å². The van der Waals surface area contributed by atoms with Crippen molar-refractivity contribution >= 4 is 29.1 Å². The Morgan fingerprint density at radius 3 is 2.65 bits per heavy atom. The van der Waals surface area contributed by atoms with E-state index in [-0.39, 0.29) is 5.91 Å². The Hall–Kier alpha value is -0.850. The van der Waals surface area contributed by atoms with E-state index in [0.29, 0.717) is 49.5 Å². The van der Waals surface area contributed by atoms with E-state index in [1.165, 1.54) is 0 Å². The Morgan fingerprint density at radius 2 is 1.91 bits per heavy atom. The molecular formula is C16H20Cl2N2O3. The van der Waals surface area contributed by atoms with Crippen LogP contribution >= 0.6 is 23.2 Å². The molecule has 7 heteroatoms. The second-order valence-corrected chi connectivity index (χ2v) is 6.60. The smallest absolute Gasteiger partial charge is 0.253 e. The van der Waals surface area contributed by atoms with Gasteiger partial charge in [-0.15, -0.1) is 0 Å². The number of rotatable bonds is 3. The zero-order valence-corrected chi connectivity index (χ0v) is 14.4. The third-order valence-corrected chi connectivity index (χ3v) is 4.88. The molecule has 5 nitrogen and oxygen atoms in total. The molecule has 0 N–H and O–H groups in total. The van der Waals surface area contributed by atoms with Crippen LogP contribution in [0.2, 0.25) is 10.0 Å². The van der Waals surface area contributed by atoms with E-state index in [1.807, 2.05) is 17.0 Å². The number of hydrogen-bond acceptors (Lipinski definition) is 4. The lowest BCUT2D eigenvalue weighted by molar-refractivity contribution is -0.153. The molecule has 2 aliphatic rings. The van der Waals surface area contributed by atoms with Crippen LogP contribution < -0.4 is 0 Å². The largest absolute Gasteiger partial charge is 0.378 e. The Kier molecular flexibility index (Phi) is 5.77. The van der Waals surface area contributed by atoms with Gasteiger partial charge in [-0.1, -0.05) is 29.3 Å². The third-order valence-electron chi connectivity index (χ3n) is 4.14. The highest BCUT2D eigenvalue weighted by molar-refractivity contribution is 6.42. The van der Waals surface area contributed by atoms with Crippen LogP contribution in [0.25, 0.3) is 0 Å². The summed E-state index contributed by atoms with van der Waals surface area (Å²) in [6, 6.07) is 5.64. The van der Waals surface area contributed by atoms with Crippen LogP contribution in [-0.2, 0) is 20.8 Å². The minimum absolute atomic E-state index is 0.0622. The zero-order valence-electron chi connectivity index (χ0n) is 12.8. The molecule has 0 radical (unpaired) electrons. The lowest BCUT2D eigenvalue weighted by Crippen LogP contribution is -2.53. The minimum Gasteiger partial charge on any atom is -0.378 e. The molecule has 2 saturated heterocycles. The van der Waals surface area contributed by atoms with Crippen molar-refractivity contribution in [1.82, 2.24) is 9.80 Å². The summed E-state index contributed by atoms with van der Waals surface area (Å²) < 4.78 is 11.0. The standard InChI is InChI=1S/C16H20Cl2N2O3/c17-13-2-1-12(9-14(13)18)10-19-3-8-23-15(11-19)16(21)20-4-6-22-7-5-20/h1-2,9,15H,3-8,10-11H2. The van der Waals surface area contributed by atoms with Crippen LogP contribution in [0.15, 0.2) is 18.2 Å². The number of amides is 1. The molecule has 23 heavy (non-hydrogen) atoms. The molecule has 1 amide bonds. The van der Waals surface area contributed by atoms with Gasteiger partial charge in [-0.25, -0.2) is 0 Å². The van der Waals surface area contributed by atoms with Gasteiger partial charge in [-0.05, 0) is 17.7 Å². The first-order valence-corrected chi connectivity index (χ1v) is 8.53. The molecule has 2 aliphatic heterocycles. The van der Waals surface area contributed by atoms with E-state index >= 15 is 0 Å². The Bertz CT molecular complexity index is 564. The van der Waals surface area contributed by atoms with Gasteiger partial charge in [0, 0.05) is 32.7 Å². The zero-order chi connectivity index (χ0) is 16.2. The molecule has 1 atom stereocenters. The molecule has 1 unspecified atom stereocenters. The van der Waals surface area contributed by atoms with E-state index < -0.39 is 6.10 Å². The van der Waals surface area contributed by atoms with Crippen LogP contribution in [-0.4, -0.2) is 67.8 Å². The molecule has 3 rings (SSSR count). The highest BCUT2D eigenvalue weighted by atomic mass is 35.5. The van der Waals surface area contributed by atoms with Crippen molar-refractivity contribution in [1.29, 1.82) is 0 Å². The maximum Gasteiger partial charge on any atom is 0.253 e. The monoisotopic (exact) mass is 358 g/mol. The van der Waals surface area contributed by atoms with Gasteiger partial charge < -0.3 is 14.4 Å². The van der Waals surface area contributed by atoms with Crippen molar-refractivity contribution < 1.29 is 14.3 Å². The van der Waals surface area contributed by atoms with E-state index in [2.05, 4.69) is 4.90 Å². The average molecular weight is 359 g/mol. The summed E-state index contributed by atoms with van der Waals surface area (Å²) in [7, 11) is 0. The summed E-state index contributed by atoms with van der Waals surface area (Å²) in [5.74, 6) is 0.0622. The van der Waals surface area contributed by atoms with Crippen molar-refractivity contribution in [2.24, 2.45) is 0 Å². The van der Waals surface area contributed by atoms with E-state index in [1.54, 1.807) is 6.07 Å². The number of carbonyl (C=O) groups excluding carboxylic acids is 1. The van der Waals surface area contributed by atoms with Crippen molar-refractivity contribution in [3.05, 3.63) is 33.8 Å². The fourth-order valence-corrected chi connectivity index (χ4v) is 3.20. The number of ether oxygens (including phenoxy) is 2. The summed E-state index contributed by atoms with van der Waals surface area (Å²) in [6.45, 7) is 5.17. The average Bonchev–Trinajstić information content (AvgIpc) is 2.58. The van der Waals surface area contributed by atoms with Gasteiger partial charge in [0.25, 0.3) is 5.91 Å². The van der Waals surface area contributed by atoms with E-state index in [9.17, 15) is 4.79 Å². The number of carbonyl (C=O) groups is 1. The molecule has 1 aromatic carbocycles. The van der Waals surface area contributed by atoms with Gasteiger partial charge in [0.1, 0.15) is 6.10 Å². The number of benzene rings is 1. The van der Waals surface area contributed by atoms with Crippen LogP contribution in [0, 0.1) is 0 Å². The quantitative estimate of drug-likeness (QED) is 0.829. The maximum absolute atomic E-state index is 12.5. The Balaban J connectivity index is 1.59. The molecule has 0 bridgehead atoms. The van der Waals surface area contributed by atoms with Gasteiger partial charge in [-0.2, -0.15) is 0 Å². The fraction of sp³-hybridized carbons (Fsp3) is 0.562. The molecule has 2 heterocycles. The SMILES string of the molecule is O=C(C1CN(Cc2ccc(Cl)c(Cl)c2)CCO1)N1CCOCC1. The van der Waals surface area contributed by atoms with Crippen LogP contribution in [0.3, 0.4) is 0 Å². The lowest BCUT2D eigenvalue weighted by Gasteiger charge is -2.36. The van der Waals surface area contributed by atoms with Crippen molar-refractivity contribution in [2.45, 2.75) is 12.6 Å². The van der Waals surface area contributed by atoms with Crippen LogP contribution in [0.4, 0.5) is 0 Å². The van der Waals surface area contributed by atoms with Gasteiger partial charge in [0.2, 0.25) is 0 Å². The molecule has 126 valence electrons. The summed E-state index contributed by atoms with van der Waals surface area (Å²) in [5, 5.41) is 1.11. The third kappa shape index (κ3) is 4.37. The van der Waals surface area contributed by atoms with Crippen molar-refractivity contribution in [3.63, 3.8) is 0 Å². The number of hydrogen-bond donors (Lipinski definition) is 0. The topological polar surface area (TPSA) is 42.0 Å². The maximum atomic E-state index is 12.5. The number of nitrogens with zero attached hydrogens (tertiary/aromatic N) is 2. The molecule has 0 aliphatic carbocycles. The highest BCUT2D eigenvalue weighted by Gasteiger charge is 2.31. The molecule has 0 aromatic heterocycles. The van der Waals surface area contributed by atoms with Crippen LogP contribution in [0.5, 0.6) is 0 Å². The fourth-order valence-electron chi connectivity index (χ4n) is 2.88. The molecule has 0 saturated carbocycles. The number of morpholine rings is 2. The second-order valence-electron chi connectivity index (χ2n) is 5.78. The molecule has 0 spiro atoms. The Labute approximate surface area is 146 Å². The highest BCUT2D eigenvalue weighted by Crippen LogP contribution is 2.23. The predicted octanol–water partition coefficient (Wildman–Crippen LogP) is 2.05. The van der Waals surface area contributed by atoms with Gasteiger partial charge >= 0.3 is 0 Å². The van der Waals surface area contributed by atoms with Crippen LogP contribution in [0.1, 0.15) is 5.56 Å². The second kappa shape index (κ2) is 7.81. The predicted molar refractivity (Wildman–Crippen MR) is 88.9 cm³/mol. The first-order valence-electron chi connectivity index (χ1n) is 7.78. The lowest BCUT2D eigenvalue weighted by atomic mass is 10.1. The summed E-state index contributed by atoms with van der Waals surface area (Å²) in [5.41, 5.74) is 1.08. The van der Waals surface area contributed by atoms with E-state index in [0.717, 1.165) is 18.7 Å². The first-order chi connectivity index (χ1) is 11.1. The van der Waals surface area contributed by atoms with Crippen molar-refractivity contribution in [2.75, 3.05) is 46.0 Å². The molecule has 2 fully saturated rings. The minimum atomic E-state index is -0.398. The number of halogens is 2.